The molecule has 8 heteroatoms. The lowest BCUT2D eigenvalue weighted by Gasteiger charge is -2.24. The van der Waals surface area contributed by atoms with Gasteiger partial charge in [0.05, 0.1) is 11.4 Å². The SMILES string of the molecule is CCN(c1ccccc1)S(=O)(=O)c1ccccc1NC(=O)CCC(=O)c1ccc(Cl)cc1. The smallest absolute Gasteiger partial charge is 0.266 e. The van der Waals surface area contributed by atoms with Crippen LogP contribution in [0.25, 0.3) is 0 Å². The number of rotatable bonds is 9. The first-order valence-corrected chi connectivity index (χ1v) is 11.9. The third-order valence-electron chi connectivity index (χ3n) is 4.81. The van der Waals surface area contributed by atoms with Gasteiger partial charge >= 0.3 is 0 Å². The molecule has 0 fully saturated rings. The lowest BCUT2D eigenvalue weighted by molar-refractivity contribution is -0.116. The largest absolute Gasteiger partial charge is 0.325 e. The van der Waals surface area contributed by atoms with Crippen molar-refractivity contribution in [3.8, 4) is 0 Å². The summed E-state index contributed by atoms with van der Waals surface area (Å²) >= 11 is 5.83. The van der Waals surface area contributed by atoms with E-state index in [2.05, 4.69) is 5.32 Å². The second-order valence-electron chi connectivity index (χ2n) is 6.98. The summed E-state index contributed by atoms with van der Waals surface area (Å²) in [6, 6.07) is 21.4. The Bertz CT molecular complexity index is 1200. The average Bonchev–Trinajstić information content (AvgIpc) is 2.79. The molecule has 0 aromatic heterocycles. The molecule has 3 rings (SSSR count). The van der Waals surface area contributed by atoms with Crippen molar-refractivity contribution in [3.63, 3.8) is 0 Å². The Morgan fingerprint density at radius 1 is 0.875 bits per heavy atom. The molecule has 1 N–H and O–H groups in total. The van der Waals surface area contributed by atoms with E-state index >= 15 is 0 Å². The van der Waals surface area contributed by atoms with E-state index in [1.165, 1.54) is 16.4 Å². The standard InChI is InChI=1S/C24H23ClN2O4S/c1-2-27(20-8-4-3-5-9-20)32(30,31)23-11-7-6-10-21(23)26-24(29)17-16-22(28)18-12-14-19(25)15-13-18/h3-15H,2,16-17H2,1H3,(H,26,29). The van der Waals surface area contributed by atoms with Gasteiger partial charge in [-0.05, 0) is 55.5 Å². The number of carbonyl (C=O) groups is 2. The first-order chi connectivity index (χ1) is 15.3. The Hall–Kier alpha value is -3.16. The molecule has 0 heterocycles. The Kier molecular flexibility index (Phi) is 7.66. The highest BCUT2D eigenvalue weighted by molar-refractivity contribution is 7.93. The molecule has 32 heavy (non-hydrogen) atoms. The van der Waals surface area contributed by atoms with Crippen LogP contribution in [0.3, 0.4) is 0 Å². The lowest BCUT2D eigenvalue weighted by Crippen LogP contribution is -2.31. The van der Waals surface area contributed by atoms with E-state index in [-0.39, 0.29) is 35.8 Å². The number of anilines is 2. The van der Waals surface area contributed by atoms with Crippen molar-refractivity contribution in [2.45, 2.75) is 24.7 Å². The molecule has 3 aromatic carbocycles. The van der Waals surface area contributed by atoms with Gasteiger partial charge < -0.3 is 5.32 Å². The van der Waals surface area contributed by atoms with Crippen molar-refractivity contribution >= 4 is 44.7 Å². The average molecular weight is 471 g/mol. The van der Waals surface area contributed by atoms with Crippen LogP contribution in [-0.4, -0.2) is 26.7 Å². The number of benzene rings is 3. The maximum Gasteiger partial charge on any atom is 0.266 e. The fourth-order valence-electron chi connectivity index (χ4n) is 3.22. The normalized spacial score (nSPS) is 11.1. The Labute approximate surface area is 192 Å². The molecule has 166 valence electrons. The van der Waals surface area contributed by atoms with E-state index in [0.29, 0.717) is 16.3 Å². The second-order valence-corrected chi connectivity index (χ2v) is 9.25. The highest BCUT2D eigenvalue weighted by Crippen LogP contribution is 2.28. The molecular formula is C24H23ClN2O4S. The summed E-state index contributed by atoms with van der Waals surface area (Å²) in [7, 11) is -3.92. The zero-order chi connectivity index (χ0) is 23.1. The van der Waals surface area contributed by atoms with Crippen LogP contribution in [0.1, 0.15) is 30.1 Å². The number of hydrogen-bond acceptors (Lipinski definition) is 4. The number of ketones is 1. The number of nitrogens with one attached hydrogen (secondary N) is 1. The third kappa shape index (κ3) is 5.55. The van der Waals surface area contributed by atoms with Gasteiger partial charge in [0.25, 0.3) is 10.0 Å². The van der Waals surface area contributed by atoms with Gasteiger partial charge in [0, 0.05) is 30.0 Å². The minimum absolute atomic E-state index is 0.00647. The van der Waals surface area contributed by atoms with Crippen LogP contribution in [0.2, 0.25) is 5.02 Å². The van der Waals surface area contributed by atoms with Crippen LogP contribution >= 0.6 is 11.6 Å². The number of sulfonamides is 1. The van der Waals surface area contributed by atoms with Crippen LogP contribution < -0.4 is 9.62 Å². The molecule has 1 amide bonds. The van der Waals surface area contributed by atoms with E-state index in [1.807, 2.05) is 6.07 Å². The highest BCUT2D eigenvalue weighted by Gasteiger charge is 2.26. The summed E-state index contributed by atoms with van der Waals surface area (Å²) in [5.74, 6) is -0.642. The fourth-order valence-corrected chi connectivity index (χ4v) is 4.97. The summed E-state index contributed by atoms with van der Waals surface area (Å²) in [4.78, 5) is 24.8. The van der Waals surface area contributed by atoms with Crippen LogP contribution in [0.15, 0.2) is 83.8 Å². The molecule has 0 aliphatic rings. The Morgan fingerprint density at radius 2 is 1.50 bits per heavy atom. The van der Waals surface area contributed by atoms with Gasteiger partial charge in [0.15, 0.2) is 5.78 Å². The zero-order valence-electron chi connectivity index (χ0n) is 17.5. The highest BCUT2D eigenvalue weighted by atomic mass is 35.5. The van der Waals surface area contributed by atoms with Crippen molar-refractivity contribution in [2.24, 2.45) is 0 Å². The van der Waals surface area contributed by atoms with Gasteiger partial charge in [0.2, 0.25) is 5.91 Å². The Morgan fingerprint density at radius 3 is 2.16 bits per heavy atom. The minimum atomic E-state index is -3.92. The number of Topliss-reactive ketones (excluding diaryl/α,β-unsaturated/α-hetero) is 1. The van der Waals surface area contributed by atoms with Gasteiger partial charge in [-0.25, -0.2) is 8.42 Å². The molecule has 0 aliphatic carbocycles. The number of amides is 1. The fraction of sp³-hybridized carbons (Fsp3) is 0.167. The molecule has 0 bridgehead atoms. The molecule has 0 saturated carbocycles. The summed E-state index contributed by atoms with van der Waals surface area (Å²) in [5.41, 5.74) is 1.17. The van der Waals surface area contributed by atoms with Crippen molar-refractivity contribution in [1.82, 2.24) is 0 Å². The van der Waals surface area contributed by atoms with E-state index in [1.54, 1.807) is 67.6 Å². The molecule has 0 saturated heterocycles. The molecule has 3 aromatic rings. The summed E-state index contributed by atoms with van der Waals surface area (Å²) < 4.78 is 28.0. The predicted molar refractivity (Wildman–Crippen MR) is 127 cm³/mol. The second kappa shape index (κ2) is 10.4. The Balaban J connectivity index is 1.75. The molecule has 0 spiro atoms. The predicted octanol–water partition coefficient (Wildman–Crippen LogP) is 5.16. The molecule has 6 nitrogen and oxygen atoms in total. The summed E-state index contributed by atoms with van der Waals surface area (Å²) in [6.45, 7) is 1.97. The lowest BCUT2D eigenvalue weighted by atomic mass is 10.1. The first-order valence-electron chi connectivity index (χ1n) is 10.1. The number of halogens is 1. The molecule has 0 aliphatic heterocycles. The summed E-state index contributed by atoms with van der Waals surface area (Å²) in [5, 5.41) is 3.17. The topological polar surface area (TPSA) is 83.6 Å². The van der Waals surface area contributed by atoms with E-state index in [4.69, 9.17) is 11.6 Å². The van der Waals surface area contributed by atoms with Crippen molar-refractivity contribution in [1.29, 1.82) is 0 Å². The van der Waals surface area contributed by atoms with Crippen LogP contribution in [0, 0.1) is 0 Å². The molecule has 0 atom stereocenters. The molecular weight excluding hydrogens is 448 g/mol. The van der Waals surface area contributed by atoms with E-state index in [9.17, 15) is 18.0 Å². The van der Waals surface area contributed by atoms with Crippen LogP contribution in [-0.2, 0) is 14.8 Å². The van der Waals surface area contributed by atoms with Gasteiger partial charge in [0.1, 0.15) is 4.90 Å². The molecule has 0 radical (unpaired) electrons. The van der Waals surface area contributed by atoms with Crippen molar-refractivity contribution < 1.29 is 18.0 Å². The number of hydrogen-bond donors (Lipinski definition) is 1. The molecule has 0 unspecified atom stereocenters. The van der Waals surface area contributed by atoms with Gasteiger partial charge in [-0.1, -0.05) is 41.9 Å². The quantitative estimate of drug-likeness (QED) is 0.438. The van der Waals surface area contributed by atoms with E-state index in [0.717, 1.165) is 0 Å². The van der Waals surface area contributed by atoms with Gasteiger partial charge in [-0.15, -0.1) is 0 Å². The monoisotopic (exact) mass is 470 g/mol. The number of carbonyl (C=O) groups excluding carboxylic acids is 2. The van der Waals surface area contributed by atoms with Crippen LogP contribution in [0.5, 0.6) is 0 Å². The van der Waals surface area contributed by atoms with Crippen LogP contribution in [0.4, 0.5) is 11.4 Å². The third-order valence-corrected chi connectivity index (χ3v) is 7.02. The van der Waals surface area contributed by atoms with E-state index < -0.39 is 15.9 Å². The van der Waals surface area contributed by atoms with Crippen molar-refractivity contribution in [3.05, 3.63) is 89.4 Å². The first kappa shape index (κ1) is 23.5. The minimum Gasteiger partial charge on any atom is -0.325 e. The van der Waals surface area contributed by atoms with Gasteiger partial charge in [-0.3, -0.25) is 13.9 Å². The zero-order valence-corrected chi connectivity index (χ0v) is 19.1. The maximum atomic E-state index is 13.4. The van der Waals surface area contributed by atoms with Gasteiger partial charge in [-0.2, -0.15) is 0 Å². The number of nitrogens with zero attached hydrogens (tertiary/aromatic N) is 1. The summed E-state index contributed by atoms with van der Waals surface area (Å²) in [6.07, 6.45) is -0.0838. The van der Waals surface area contributed by atoms with Crippen molar-refractivity contribution in [2.75, 3.05) is 16.2 Å². The number of para-hydroxylation sites is 2. The maximum absolute atomic E-state index is 13.4.